The zero-order chi connectivity index (χ0) is 22.3. The van der Waals surface area contributed by atoms with Crippen molar-refractivity contribution in [2.24, 2.45) is 7.05 Å². The Bertz CT molecular complexity index is 1370. The van der Waals surface area contributed by atoms with Gasteiger partial charge >= 0.3 is 11.9 Å². The van der Waals surface area contributed by atoms with Crippen LogP contribution in [0.3, 0.4) is 0 Å². The summed E-state index contributed by atoms with van der Waals surface area (Å²) in [6, 6.07) is 13.2. The van der Waals surface area contributed by atoms with Crippen LogP contribution in [0.4, 0.5) is 18.9 Å². The van der Waals surface area contributed by atoms with Crippen LogP contribution in [0.15, 0.2) is 65.6 Å². The number of rotatable bonds is 3. The Labute approximate surface area is 175 Å². The molecule has 0 saturated heterocycles. The lowest BCUT2D eigenvalue weighted by Crippen LogP contribution is -2.22. The van der Waals surface area contributed by atoms with Crippen LogP contribution in [-0.4, -0.2) is 18.9 Å². The third-order valence-corrected chi connectivity index (χ3v) is 5.03. The Balaban J connectivity index is 1.88. The van der Waals surface area contributed by atoms with Crippen molar-refractivity contribution >= 4 is 5.69 Å². The predicted molar refractivity (Wildman–Crippen MR) is 110 cm³/mol. The van der Waals surface area contributed by atoms with E-state index < -0.39 is 17.4 Å². The van der Waals surface area contributed by atoms with Crippen molar-refractivity contribution in [2.75, 3.05) is 0 Å². The van der Waals surface area contributed by atoms with Crippen LogP contribution in [-0.2, 0) is 13.2 Å². The topological polar surface area (TPSA) is 49.1 Å². The number of hydrogen-bond acceptors (Lipinski definition) is 2. The molecule has 4 aromatic rings. The Morgan fingerprint density at radius 1 is 1.03 bits per heavy atom. The van der Waals surface area contributed by atoms with Gasteiger partial charge in [0, 0.05) is 7.05 Å². The molecule has 0 radical (unpaired) electrons. The average Bonchev–Trinajstić information content (AvgIpc) is 3.30. The Kier molecular flexibility index (Phi) is 4.78. The molecular formula is C22H16F3N5O. The first-order valence-electron chi connectivity index (χ1n) is 9.20. The van der Waals surface area contributed by atoms with Crippen molar-refractivity contribution in [1.82, 2.24) is 18.9 Å². The van der Waals surface area contributed by atoms with Crippen molar-refractivity contribution < 1.29 is 13.2 Å². The average molecular weight is 423 g/mol. The molecule has 0 spiro atoms. The van der Waals surface area contributed by atoms with Crippen molar-refractivity contribution in [1.29, 1.82) is 0 Å². The summed E-state index contributed by atoms with van der Waals surface area (Å²) in [4.78, 5) is 16.3. The SMILES string of the molecule is [C-]#[N+]c1ccc(-n2nccc2-c2c(C)n(-c3cccc(C(F)(F)F)c3)c(=O)n2C)cc1. The van der Waals surface area contributed by atoms with Gasteiger partial charge < -0.3 is 0 Å². The molecule has 156 valence electrons. The third-order valence-electron chi connectivity index (χ3n) is 5.03. The fourth-order valence-electron chi connectivity index (χ4n) is 3.58. The van der Waals surface area contributed by atoms with E-state index in [0.29, 0.717) is 28.5 Å². The molecule has 0 aliphatic rings. The molecule has 0 atom stereocenters. The van der Waals surface area contributed by atoms with E-state index in [9.17, 15) is 18.0 Å². The number of halogens is 3. The maximum atomic E-state index is 13.2. The van der Waals surface area contributed by atoms with E-state index in [-0.39, 0.29) is 5.69 Å². The molecule has 6 nitrogen and oxygen atoms in total. The summed E-state index contributed by atoms with van der Waals surface area (Å²) in [5.74, 6) is 0. The molecule has 0 fully saturated rings. The van der Waals surface area contributed by atoms with E-state index in [4.69, 9.17) is 6.57 Å². The number of nitrogens with zero attached hydrogens (tertiary/aromatic N) is 5. The van der Waals surface area contributed by atoms with E-state index in [0.717, 1.165) is 12.1 Å². The highest BCUT2D eigenvalue weighted by atomic mass is 19.4. The molecule has 31 heavy (non-hydrogen) atoms. The van der Waals surface area contributed by atoms with Gasteiger partial charge in [-0.05, 0) is 43.3 Å². The number of aromatic nitrogens is 4. The Morgan fingerprint density at radius 2 is 1.74 bits per heavy atom. The van der Waals surface area contributed by atoms with Gasteiger partial charge in [-0.15, -0.1) is 0 Å². The monoisotopic (exact) mass is 423 g/mol. The van der Waals surface area contributed by atoms with Gasteiger partial charge in [-0.25, -0.2) is 14.3 Å². The summed E-state index contributed by atoms with van der Waals surface area (Å²) >= 11 is 0. The molecular weight excluding hydrogens is 407 g/mol. The van der Waals surface area contributed by atoms with Crippen LogP contribution in [0.5, 0.6) is 0 Å². The van der Waals surface area contributed by atoms with Gasteiger partial charge in [-0.2, -0.15) is 18.3 Å². The van der Waals surface area contributed by atoms with Crippen LogP contribution in [0, 0.1) is 13.5 Å². The summed E-state index contributed by atoms with van der Waals surface area (Å²) in [6.45, 7) is 8.75. The van der Waals surface area contributed by atoms with Crippen molar-refractivity contribution in [3.63, 3.8) is 0 Å². The fourth-order valence-corrected chi connectivity index (χ4v) is 3.58. The van der Waals surface area contributed by atoms with Gasteiger partial charge in [0.25, 0.3) is 0 Å². The van der Waals surface area contributed by atoms with Gasteiger partial charge in [-0.3, -0.25) is 9.13 Å². The lowest BCUT2D eigenvalue weighted by atomic mass is 10.2. The van der Waals surface area contributed by atoms with E-state index in [1.54, 1.807) is 55.2 Å². The fraction of sp³-hybridized carbons (Fsp3) is 0.136. The first-order chi connectivity index (χ1) is 14.7. The smallest absolute Gasteiger partial charge is 0.293 e. The summed E-state index contributed by atoms with van der Waals surface area (Å²) in [7, 11) is 1.56. The third kappa shape index (κ3) is 3.42. The normalized spacial score (nSPS) is 11.5. The zero-order valence-corrected chi connectivity index (χ0v) is 16.6. The summed E-state index contributed by atoms with van der Waals surface area (Å²) < 4.78 is 43.8. The Morgan fingerprint density at radius 3 is 2.39 bits per heavy atom. The molecule has 0 aliphatic carbocycles. The molecule has 9 heteroatoms. The largest absolute Gasteiger partial charge is 0.416 e. The second-order valence-corrected chi connectivity index (χ2v) is 6.92. The van der Waals surface area contributed by atoms with Crippen molar-refractivity contribution in [2.45, 2.75) is 13.1 Å². The molecule has 4 rings (SSSR count). The van der Waals surface area contributed by atoms with E-state index in [1.807, 2.05) is 0 Å². The minimum absolute atomic E-state index is 0.131. The molecule has 2 aromatic heterocycles. The molecule has 0 aliphatic heterocycles. The number of benzene rings is 2. The van der Waals surface area contributed by atoms with E-state index in [2.05, 4.69) is 9.94 Å². The molecule has 0 saturated carbocycles. The highest BCUT2D eigenvalue weighted by molar-refractivity contribution is 5.63. The molecule has 2 aromatic carbocycles. The second kappa shape index (κ2) is 7.32. The Hall–Kier alpha value is -4.06. The predicted octanol–water partition coefficient (Wildman–Crippen LogP) is 4.91. The lowest BCUT2D eigenvalue weighted by molar-refractivity contribution is -0.137. The molecule has 2 heterocycles. The number of hydrogen-bond donors (Lipinski definition) is 0. The minimum Gasteiger partial charge on any atom is -0.293 e. The van der Waals surface area contributed by atoms with E-state index >= 15 is 0 Å². The summed E-state index contributed by atoms with van der Waals surface area (Å²) in [5.41, 5.74) is 1.60. The number of alkyl halides is 3. The van der Waals surface area contributed by atoms with Crippen LogP contribution < -0.4 is 5.69 Å². The maximum Gasteiger partial charge on any atom is 0.416 e. The van der Waals surface area contributed by atoms with Crippen LogP contribution in [0.25, 0.3) is 27.6 Å². The maximum absolute atomic E-state index is 13.2. The van der Waals surface area contributed by atoms with Crippen LogP contribution in [0.2, 0.25) is 0 Å². The highest BCUT2D eigenvalue weighted by Crippen LogP contribution is 2.31. The second-order valence-electron chi connectivity index (χ2n) is 6.92. The van der Waals surface area contributed by atoms with E-state index in [1.165, 1.54) is 21.3 Å². The van der Waals surface area contributed by atoms with Gasteiger partial charge in [0.05, 0.1) is 46.8 Å². The summed E-state index contributed by atoms with van der Waals surface area (Å²) in [6.07, 6.45) is -2.94. The van der Waals surface area contributed by atoms with Gasteiger partial charge in [0.2, 0.25) is 0 Å². The molecule has 0 unspecified atom stereocenters. The van der Waals surface area contributed by atoms with Crippen LogP contribution >= 0.6 is 0 Å². The standard InChI is InChI=1S/C22H16F3N5O/c1-14-20(19-11-12-27-30(19)17-9-7-16(26-2)8-10-17)28(3)21(31)29(14)18-6-4-5-15(13-18)22(23,24)25/h4-13H,1,3H3. The van der Waals surface area contributed by atoms with Gasteiger partial charge in [0.1, 0.15) is 0 Å². The first-order valence-corrected chi connectivity index (χ1v) is 9.20. The quantitative estimate of drug-likeness (QED) is 0.440. The van der Waals surface area contributed by atoms with Gasteiger partial charge in [-0.1, -0.05) is 18.2 Å². The minimum atomic E-state index is -4.51. The first kappa shape index (κ1) is 20.2. The lowest BCUT2D eigenvalue weighted by Gasteiger charge is -2.11. The van der Waals surface area contributed by atoms with Crippen molar-refractivity contribution in [3.8, 4) is 22.8 Å². The molecule has 0 N–H and O–H groups in total. The summed E-state index contributed by atoms with van der Waals surface area (Å²) in [5, 5.41) is 4.32. The zero-order valence-electron chi connectivity index (χ0n) is 16.6. The van der Waals surface area contributed by atoms with Gasteiger partial charge in [0.15, 0.2) is 5.69 Å². The number of imidazole rings is 1. The highest BCUT2D eigenvalue weighted by Gasteiger charge is 2.31. The molecule has 0 amide bonds. The molecule has 0 bridgehead atoms. The van der Waals surface area contributed by atoms with Crippen molar-refractivity contribution in [3.05, 3.63) is 94.0 Å². The van der Waals surface area contributed by atoms with Crippen LogP contribution in [0.1, 0.15) is 11.3 Å².